The van der Waals surface area contributed by atoms with Crippen LogP contribution in [0.2, 0.25) is 0 Å². The number of alkyl halides is 1. The number of rotatable bonds is 5. The molecular weight excluding hydrogens is 210 g/mol. The van der Waals surface area contributed by atoms with Crippen molar-refractivity contribution in [3.05, 3.63) is 0 Å². The van der Waals surface area contributed by atoms with E-state index in [4.69, 9.17) is 16.3 Å². The third-order valence-corrected chi connectivity index (χ3v) is 4.56. The maximum Gasteiger partial charge on any atom is 0.0634 e. The number of nitrogens with one attached hydrogen (secondary N) is 1. The molecule has 2 nitrogen and oxygen atoms in total. The lowest BCUT2D eigenvalue weighted by Gasteiger charge is -2.49. The Morgan fingerprint density at radius 2 is 2.07 bits per heavy atom. The van der Waals surface area contributed by atoms with Crippen molar-refractivity contribution in [3.8, 4) is 0 Å². The lowest BCUT2D eigenvalue weighted by Crippen LogP contribution is -2.58. The zero-order valence-electron chi connectivity index (χ0n) is 10.6. The topological polar surface area (TPSA) is 21.3 Å². The van der Waals surface area contributed by atoms with E-state index in [1.54, 1.807) is 7.11 Å². The Labute approximate surface area is 98.7 Å². The fourth-order valence-electron chi connectivity index (χ4n) is 1.87. The summed E-state index contributed by atoms with van der Waals surface area (Å²) in [6.45, 7) is 9.69. The molecule has 0 aromatic heterocycles. The average molecular weight is 234 g/mol. The summed E-state index contributed by atoms with van der Waals surface area (Å²) >= 11 is 6.17. The maximum atomic E-state index is 6.17. The normalized spacial score (nSPS) is 30.0. The monoisotopic (exact) mass is 233 g/mol. The summed E-state index contributed by atoms with van der Waals surface area (Å²) < 4.78 is 5.38. The number of ether oxygens (including phenoxy) is 1. The summed E-state index contributed by atoms with van der Waals surface area (Å²) in [4.78, 5) is 0. The number of methoxy groups -OCH3 is 1. The van der Waals surface area contributed by atoms with E-state index in [2.05, 4.69) is 33.0 Å². The van der Waals surface area contributed by atoms with E-state index in [0.717, 1.165) is 19.4 Å². The van der Waals surface area contributed by atoms with Gasteiger partial charge in [-0.25, -0.2) is 0 Å². The van der Waals surface area contributed by atoms with Gasteiger partial charge in [0.2, 0.25) is 0 Å². The van der Waals surface area contributed by atoms with Crippen molar-refractivity contribution < 1.29 is 4.74 Å². The standard InChI is InChI=1S/C12H24ClNO/c1-11(2,15-5)6-7-14-10-8-9(13)12(10,3)4/h9-10,14H,6-8H2,1-5H3. The van der Waals surface area contributed by atoms with Crippen LogP contribution in [0.15, 0.2) is 0 Å². The van der Waals surface area contributed by atoms with Crippen LogP contribution in [0.4, 0.5) is 0 Å². The highest BCUT2D eigenvalue weighted by Gasteiger charge is 2.46. The third-order valence-electron chi connectivity index (χ3n) is 3.82. The molecule has 3 heteroatoms. The Morgan fingerprint density at radius 3 is 2.47 bits per heavy atom. The van der Waals surface area contributed by atoms with Crippen LogP contribution in [0.25, 0.3) is 0 Å². The van der Waals surface area contributed by atoms with E-state index < -0.39 is 0 Å². The van der Waals surface area contributed by atoms with E-state index in [0.29, 0.717) is 11.4 Å². The molecule has 0 heterocycles. The van der Waals surface area contributed by atoms with E-state index in [1.165, 1.54) is 0 Å². The summed E-state index contributed by atoms with van der Waals surface area (Å²) in [5.41, 5.74) is 0.208. The Balaban J connectivity index is 2.23. The fraction of sp³-hybridized carbons (Fsp3) is 1.00. The molecule has 0 aliphatic heterocycles. The van der Waals surface area contributed by atoms with Gasteiger partial charge in [-0.3, -0.25) is 0 Å². The molecule has 90 valence electrons. The molecule has 0 amide bonds. The second-order valence-electron chi connectivity index (χ2n) is 5.75. The van der Waals surface area contributed by atoms with Crippen molar-refractivity contribution >= 4 is 11.6 Å². The van der Waals surface area contributed by atoms with Crippen LogP contribution < -0.4 is 5.32 Å². The van der Waals surface area contributed by atoms with Gasteiger partial charge < -0.3 is 10.1 Å². The molecule has 0 spiro atoms. The van der Waals surface area contributed by atoms with Crippen molar-refractivity contribution in [2.45, 2.75) is 57.6 Å². The Kier molecular flexibility index (Phi) is 4.07. The zero-order valence-corrected chi connectivity index (χ0v) is 11.3. The minimum Gasteiger partial charge on any atom is -0.379 e. The smallest absolute Gasteiger partial charge is 0.0634 e. The average Bonchev–Trinajstić information content (AvgIpc) is 2.16. The van der Waals surface area contributed by atoms with E-state index in [9.17, 15) is 0 Å². The molecule has 1 saturated carbocycles. The zero-order chi connectivity index (χ0) is 11.7. The van der Waals surface area contributed by atoms with Crippen LogP contribution in [0.5, 0.6) is 0 Å². The second kappa shape index (κ2) is 4.60. The van der Waals surface area contributed by atoms with Gasteiger partial charge in [0.25, 0.3) is 0 Å². The second-order valence-corrected chi connectivity index (χ2v) is 6.27. The minimum absolute atomic E-state index is 0.0265. The van der Waals surface area contributed by atoms with Crippen molar-refractivity contribution in [3.63, 3.8) is 0 Å². The van der Waals surface area contributed by atoms with Gasteiger partial charge in [-0.1, -0.05) is 13.8 Å². The molecular formula is C12H24ClNO. The van der Waals surface area contributed by atoms with Crippen LogP contribution in [0.3, 0.4) is 0 Å². The molecule has 1 N–H and O–H groups in total. The molecule has 1 aliphatic rings. The SMILES string of the molecule is COC(C)(C)CCNC1CC(Cl)C1(C)C. The highest BCUT2D eigenvalue weighted by molar-refractivity contribution is 6.21. The van der Waals surface area contributed by atoms with Crippen LogP contribution in [-0.4, -0.2) is 30.7 Å². The maximum absolute atomic E-state index is 6.17. The quantitative estimate of drug-likeness (QED) is 0.738. The highest BCUT2D eigenvalue weighted by Crippen LogP contribution is 2.44. The lowest BCUT2D eigenvalue weighted by atomic mass is 9.66. The van der Waals surface area contributed by atoms with E-state index in [-0.39, 0.29) is 11.0 Å². The van der Waals surface area contributed by atoms with Crippen molar-refractivity contribution in [1.82, 2.24) is 5.32 Å². The highest BCUT2D eigenvalue weighted by atomic mass is 35.5. The molecule has 0 saturated heterocycles. The Bertz CT molecular complexity index is 216. The molecule has 1 aliphatic carbocycles. The summed E-state index contributed by atoms with van der Waals surface area (Å²) in [5.74, 6) is 0. The fourth-order valence-corrected chi connectivity index (χ4v) is 2.20. The molecule has 15 heavy (non-hydrogen) atoms. The summed E-state index contributed by atoms with van der Waals surface area (Å²) in [6.07, 6.45) is 2.12. The molecule has 0 aromatic carbocycles. The van der Waals surface area contributed by atoms with Gasteiger partial charge in [0, 0.05) is 18.5 Å². The van der Waals surface area contributed by atoms with Crippen LogP contribution in [0, 0.1) is 5.41 Å². The van der Waals surface area contributed by atoms with Gasteiger partial charge in [-0.2, -0.15) is 0 Å². The number of hydrogen-bond donors (Lipinski definition) is 1. The van der Waals surface area contributed by atoms with Gasteiger partial charge >= 0.3 is 0 Å². The predicted molar refractivity (Wildman–Crippen MR) is 65.5 cm³/mol. The van der Waals surface area contributed by atoms with Gasteiger partial charge in [-0.15, -0.1) is 11.6 Å². The van der Waals surface area contributed by atoms with Crippen LogP contribution in [-0.2, 0) is 4.74 Å². The molecule has 0 aromatic rings. The van der Waals surface area contributed by atoms with Crippen molar-refractivity contribution in [2.24, 2.45) is 5.41 Å². The molecule has 0 radical (unpaired) electrons. The lowest BCUT2D eigenvalue weighted by molar-refractivity contribution is 0.0118. The van der Waals surface area contributed by atoms with Crippen LogP contribution >= 0.6 is 11.6 Å². The molecule has 0 bridgehead atoms. The minimum atomic E-state index is -0.0265. The van der Waals surface area contributed by atoms with Crippen molar-refractivity contribution in [2.75, 3.05) is 13.7 Å². The Morgan fingerprint density at radius 1 is 1.47 bits per heavy atom. The first-order valence-electron chi connectivity index (χ1n) is 5.72. The van der Waals surface area contributed by atoms with Gasteiger partial charge in [-0.05, 0) is 38.6 Å². The van der Waals surface area contributed by atoms with Gasteiger partial charge in [0.15, 0.2) is 0 Å². The Hall–Kier alpha value is 0.210. The number of hydrogen-bond acceptors (Lipinski definition) is 2. The summed E-state index contributed by atoms with van der Waals surface area (Å²) in [6, 6.07) is 0.563. The first-order valence-corrected chi connectivity index (χ1v) is 6.16. The largest absolute Gasteiger partial charge is 0.379 e. The summed E-state index contributed by atoms with van der Waals surface area (Å²) in [7, 11) is 1.77. The number of halogens is 1. The first kappa shape index (κ1) is 13.3. The summed E-state index contributed by atoms with van der Waals surface area (Å²) in [5, 5.41) is 3.89. The molecule has 1 fully saturated rings. The van der Waals surface area contributed by atoms with Gasteiger partial charge in [0.05, 0.1) is 5.60 Å². The molecule has 1 rings (SSSR count). The van der Waals surface area contributed by atoms with E-state index in [1.807, 2.05) is 0 Å². The van der Waals surface area contributed by atoms with Crippen LogP contribution in [0.1, 0.15) is 40.5 Å². The molecule has 2 unspecified atom stereocenters. The predicted octanol–water partition coefficient (Wildman–Crippen LogP) is 2.80. The van der Waals surface area contributed by atoms with Crippen molar-refractivity contribution in [1.29, 1.82) is 0 Å². The molecule has 2 atom stereocenters. The van der Waals surface area contributed by atoms with Gasteiger partial charge in [0.1, 0.15) is 0 Å². The van der Waals surface area contributed by atoms with E-state index >= 15 is 0 Å². The third kappa shape index (κ3) is 3.08. The first-order chi connectivity index (χ1) is 6.79.